The predicted octanol–water partition coefficient (Wildman–Crippen LogP) is 3.81. The first kappa shape index (κ1) is 20.0. The van der Waals surface area contributed by atoms with E-state index in [1.54, 1.807) is 42.5 Å². The molecule has 0 aliphatic heterocycles. The molecule has 0 bridgehead atoms. The van der Waals surface area contributed by atoms with Gasteiger partial charge < -0.3 is 14.8 Å². The van der Waals surface area contributed by atoms with Crippen LogP contribution in [0.1, 0.15) is 36.2 Å². The van der Waals surface area contributed by atoms with Gasteiger partial charge in [-0.25, -0.2) is 0 Å². The highest BCUT2D eigenvalue weighted by Crippen LogP contribution is 2.28. The molecule has 0 spiro atoms. The number of anilines is 1. The van der Waals surface area contributed by atoms with Gasteiger partial charge >= 0.3 is 0 Å². The molecule has 0 aliphatic rings. The van der Waals surface area contributed by atoms with E-state index in [4.69, 9.17) is 14.7 Å². The first-order chi connectivity index (χ1) is 12.9. The molecule has 6 heteroatoms. The highest BCUT2D eigenvalue weighted by molar-refractivity contribution is 5.98. The van der Waals surface area contributed by atoms with Crippen LogP contribution in [0.2, 0.25) is 0 Å². The Morgan fingerprint density at radius 1 is 1.11 bits per heavy atom. The Hall–Kier alpha value is -3.33. The molecule has 140 valence electrons. The second-order valence-electron chi connectivity index (χ2n) is 6.41. The number of nitriles is 1. The summed E-state index contributed by atoms with van der Waals surface area (Å²) < 4.78 is 10.7. The molecule has 0 fully saturated rings. The van der Waals surface area contributed by atoms with Crippen molar-refractivity contribution in [2.45, 2.75) is 20.3 Å². The summed E-state index contributed by atoms with van der Waals surface area (Å²) >= 11 is 0. The maximum absolute atomic E-state index is 12.3. The Bertz CT molecular complexity index is 851. The highest BCUT2D eigenvalue weighted by atomic mass is 16.5. The van der Waals surface area contributed by atoms with Crippen LogP contribution in [-0.4, -0.2) is 25.4 Å². The van der Waals surface area contributed by atoms with Crippen molar-refractivity contribution in [2.24, 2.45) is 5.92 Å². The number of nitrogens with zero attached hydrogens (tertiary/aromatic N) is 1. The lowest BCUT2D eigenvalue weighted by Gasteiger charge is -2.11. The van der Waals surface area contributed by atoms with Crippen LogP contribution in [0.3, 0.4) is 0 Å². The number of carbonyl (C=O) groups is 2. The van der Waals surface area contributed by atoms with Crippen LogP contribution in [0.4, 0.5) is 5.69 Å². The highest BCUT2D eigenvalue weighted by Gasteiger charge is 2.11. The molecule has 0 radical (unpaired) electrons. The largest absolute Gasteiger partial charge is 0.493 e. The molecular formula is C21H22N2O4. The Labute approximate surface area is 158 Å². The molecule has 0 aliphatic carbocycles. The van der Waals surface area contributed by atoms with E-state index >= 15 is 0 Å². The van der Waals surface area contributed by atoms with Crippen LogP contribution in [0.5, 0.6) is 11.5 Å². The minimum Gasteiger partial charge on any atom is -0.493 e. The number of nitrogens with one attached hydrogen (secondary N) is 1. The number of benzene rings is 2. The molecule has 2 rings (SSSR count). The molecule has 2 aromatic carbocycles. The zero-order chi connectivity index (χ0) is 19.8. The Morgan fingerprint density at radius 3 is 2.41 bits per heavy atom. The average Bonchev–Trinajstić information content (AvgIpc) is 2.65. The molecule has 2 aromatic rings. The van der Waals surface area contributed by atoms with Crippen molar-refractivity contribution in [2.75, 3.05) is 19.0 Å². The Kier molecular flexibility index (Phi) is 6.95. The first-order valence-corrected chi connectivity index (χ1v) is 8.57. The second-order valence-corrected chi connectivity index (χ2v) is 6.41. The molecular weight excluding hydrogens is 344 g/mol. The molecule has 0 saturated heterocycles. The van der Waals surface area contributed by atoms with Gasteiger partial charge in [0.25, 0.3) is 0 Å². The minimum absolute atomic E-state index is 0.0553. The smallest absolute Gasteiger partial charge is 0.224 e. The van der Waals surface area contributed by atoms with Crippen molar-refractivity contribution in [3.05, 3.63) is 53.6 Å². The van der Waals surface area contributed by atoms with Crippen LogP contribution in [0.15, 0.2) is 42.5 Å². The van der Waals surface area contributed by atoms with Crippen LogP contribution in [-0.2, 0) is 4.79 Å². The number of hydrogen-bond acceptors (Lipinski definition) is 5. The maximum Gasteiger partial charge on any atom is 0.224 e. The van der Waals surface area contributed by atoms with Gasteiger partial charge in [-0.15, -0.1) is 0 Å². The normalized spacial score (nSPS) is 10.2. The van der Waals surface area contributed by atoms with E-state index in [1.807, 2.05) is 19.9 Å². The third-order valence-corrected chi connectivity index (χ3v) is 3.74. The SMILES string of the molecule is COc1cc(C#N)ccc1OCC(=O)c1ccc(NC(=O)CC(C)C)cc1. The third kappa shape index (κ3) is 5.86. The summed E-state index contributed by atoms with van der Waals surface area (Å²) in [4.78, 5) is 24.1. The van der Waals surface area contributed by atoms with E-state index in [2.05, 4.69) is 5.32 Å². The van der Waals surface area contributed by atoms with Gasteiger partial charge in [0.2, 0.25) is 5.91 Å². The monoisotopic (exact) mass is 366 g/mol. The number of carbonyl (C=O) groups excluding carboxylic acids is 2. The number of methoxy groups -OCH3 is 1. The van der Waals surface area contributed by atoms with Crippen molar-refractivity contribution in [3.63, 3.8) is 0 Å². The number of rotatable bonds is 8. The quantitative estimate of drug-likeness (QED) is 0.718. The summed E-state index contributed by atoms with van der Waals surface area (Å²) in [6.45, 7) is 3.79. The van der Waals surface area contributed by atoms with Gasteiger partial charge in [-0.3, -0.25) is 9.59 Å². The van der Waals surface area contributed by atoms with Crippen molar-refractivity contribution in [1.29, 1.82) is 5.26 Å². The lowest BCUT2D eigenvalue weighted by molar-refractivity contribution is -0.116. The van der Waals surface area contributed by atoms with Crippen molar-refractivity contribution >= 4 is 17.4 Å². The Balaban J connectivity index is 1.97. The summed E-state index contributed by atoms with van der Waals surface area (Å²) in [5, 5.41) is 11.7. The van der Waals surface area contributed by atoms with Gasteiger partial charge in [0, 0.05) is 23.7 Å². The molecule has 0 saturated carbocycles. The fourth-order valence-electron chi connectivity index (χ4n) is 2.41. The lowest BCUT2D eigenvalue weighted by Crippen LogP contribution is -2.14. The van der Waals surface area contributed by atoms with Gasteiger partial charge in [0.15, 0.2) is 23.9 Å². The first-order valence-electron chi connectivity index (χ1n) is 8.57. The molecule has 6 nitrogen and oxygen atoms in total. The zero-order valence-corrected chi connectivity index (χ0v) is 15.6. The predicted molar refractivity (Wildman–Crippen MR) is 102 cm³/mol. The summed E-state index contributed by atoms with van der Waals surface area (Å²) in [5.74, 6) is 0.802. The van der Waals surface area contributed by atoms with Crippen molar-refractivity contribution in [1.82, 2.24) is 0 Å². The minimum atomic E-state index is -0.207. The summed E-state index contributed by atoms with van der Waals surface area (Å²) in [6.07, 6.45) is 0.445. The second kappa shape index (κ2) is 9.39. The van der Waals surface area contributed by atoms with E-state index in [0.29, 0.717) is 34.7 Å². The molecule has 1 amide bonds. The van der Waals surface area contributed by atoms with E-state index in [1.165, 1.54) is 7.11 Å². The van der Waals surface area contributed by atoms with E-state index in [9.17, 15) is 9.59 Å². The van der Waals surface area contributed by atoms with Gasteiger partial charge in [-0.1, -0.05) is 13.8 Å². The van der Waals surface area contributed by atoms with E-state index < -0.39 is 0 Å². The summed E-state index contributed by atoms with van der Waals surface area (Å²) in [7, 11) is 1.47. The number of amides is 1. The summed E-state index contributed by atoms with van der Waals surface area (Å²) in [5.41, 5.74) is 1.57. The molecule has 0 aromatic heterocycles. The van der Waals surface area contributed by atoms with Crippen molar-refractivity contribution < 1.29 is 19.1 Å². The number of Topliss-reactive ketones (excluding diaryl/α,β-unsaturated/α-hetero) is 1. The lowest BCUT2D eigenvalue weighted by atomic mass is 10.1. The number of ether oxygens (including phenoxy) is 2. The number of hydrogen-bond donors (Lipinski definition) is 1. The number of ketones is 1. The molecule has 27 heavy (non-hydrogen) atoms. The van der Waals surface area contributed by atoms with E-state index in [0.717, 1.165) is 0 Å². The van der Waals surface area contributed by atoms with Gasteiger partial charge in [-0.2, -0.15) is 5.26 Å². The van der Waals surface area contributed by atoms with Crippen LogP contribution in [0.25, 0.3) is 0 Å². The van der Waals surface area contributed by atoms with Crippen LogP contribution >= 0.6 is 0 Å². The van der Waals surface area contributed by atoms with Gasteiger partial charge in [-0.05, 0) is 42.3 Å². The molecule has 1 N–H and O–H groups in total. The average molecular weight is 366 g/mol. The zero-order valence-electron chi connectivity index (χ0n) is 15.6. The summed E-state index contributed by atoms with van der Waals surface area (Å²) in [6, 6.07) is 13.4. The Morgan fingerprint density at radius 2 is 1.81 bits per heavy atom. The van der Waals surface area contributed by atoms with Crippen molar-refractivity contribution in [3.8, 4) is 17.6 Å². The molecule has 0 unspecified atom stereocenters. The van der Waals surface area contributed by atoms with Gasteiger partial charge in [0.05, 0.1) is 18.7 Å². The topological polar surface area (TPSA) is 88.4 Å². The molecule has 0 atom stereocenters. The fourth-order valence-corrected chi connectivity index (χ4v) is 2.41. The van der Waals surface area contributed by atoms with Crippen LogP contribution in [0, 0.1) is 17.2 Å². The maximum atomic E-state index is 12.3. The standard InChI is InChI=1S/C21H22N2O4/c1-14(2)10-21(25)23-17-7-5-16(6-8-17)18(24)13-27-19-9-4-15(12-22)11-20(19)26-3/h4-9,11,14H,10,13H2,1-3H3,(H,23,25). The fraction of sp³-hybridized carbons (Fsp3) is 0.286. The molecule has 0 heterocycles. The third-order valence-electron chi connectivity index (χ3n) is 3.74. The van der Waals surface area contributed by atoms with E-state index in [-0.39, 0.29) is 24.2 Å². The van der Waals surface area contributed by atoms with Gasteiger partial charge in [0.1, 0.15) is 0 Å². The van der Waals surface area contributed by atoms with Crippen LogP contribution < -0.4 is 14.8 Å².